The summed E-state index contributed by atoms with van der Waals surface area (Å²) in [5, 5.41) is 3.36. The SMILES string of the molecule is Nc1nc(N[C@@H]2CCOC2)cc(N2CCC3(CCCC(=O)N3c3ccc(F)c(F)c3)CC2)n1. The molecule has 33 heavy (non-hydrogen) atoms. The second kappa shape index (κ2) is 8.74. The number of halogens is 2. The van der Waals surface area contributed by atoms with Crippen molar-refractivity contribution in [2.45, 2.75) is 50.1 Å². The summed E-state index contributed by atoms with van der Waals surface area (Å²) >= 11 is 0. The molecule has 3 aliphatic heterocycles. The third-order valence-corrected chi connectivity index (χ3v) is 6.95. The minimum Gasteiger partial charge on any atom is -0.379 e. The molecule has 0 bridgehead atoms. The Morgan fingerprint density at radius 1 is 1.12 bits per heavy atom. The number of carbonyl (C=O) groups excluding carboxylic acids is 1. The highest BCUT2D eigenvalue weighted by Gasteiger charge is 2.45. The van der Waals surface area contributed by atoms with Crippen molar-refractivity contribution in [3.8, 4) is 0 Å². The Kier molecular flexibility index (Phi) is 5.77. The molecule has 5 rings (SSSR count). The van der Waals surface area contributed by atoms with Crippen LogP contribution in [0, 0.1) is 11.6 Å². The van der Waals surface area contributed by atoms with Gasteiger partial charge in [-0.05, 0) is 44.2 Å². The smallest absolute Gasteiger partial charge is 0.227 e. The zero-order chi connectivity index (χ0) is 23.0. The minimum atomic E-state index is -0.942. The molecule has 1 aromatic carbocycles. The van der Waals surface area contributed by atoms with Gasteiger partial charge in [-0.15, -0.1) is 0 Å². The number of piperidine rings is 2. The van der Waals surface area contributed by atoms with Crippen molar-refractivity contribution in [3.05, 3.63) is 35.9 Å². The van der Waals surface area contributed by atoms with E-state index in [4.69, 9.17) is 10.5 Å². The first kappa shape index (κ1) is 21.8. The number of anilines is 4. The number of nitrogens with zero attached hydrogens (tertiary/aromatic N) is 4. The number of benzene rings is 1. The Morgan fingerprint density at radius 3 is 2.67 bits per heavy atom. The molecule has 0 saturated carbocycles. The van der Waals surface area contributed by atoms with E-state index in [-0.39, 0.29) is 17.9 Å². The molecule has 3 N–H and O–H groups in total. The van der Waals surface area contributed by atoms with Gasteiger partial charge in [0.1, 0.15) is 11.6 Å². The molecular weight excluding hydrogens is 430 g/mol. The standard InChI is InChI=1S/C23H28F2N6O2/c24-17-4-3-16(12-18(17)25)31-21(32)2-1-6-23(31)7-9-30(10-8-23)20-13-19(28-22(26)29-20)27-15-5-11-33-14-15/h3-4,12-13,15H,1-2,5-11,14H2,(H3,26,27,28,29)/t15-/m1/s1. The van der Waals surface area contributed by atoms with Crippen LogP contribution in [0.5, 0.6) is 0 Å². The van der Waals surface area contributed by atoms with Gasteiger partial charge in [-0.2, -0.15) is 9.97 Å². The summed E-state index contributed by atoms with van der Waals surface area (Å²) < 4.78 is 32.9. The fourth-order valence-electron chi connectivity index (χ4n) is 5.27. The van der Waals surface area contributed by atoms with Crippen LogP contribution in [0.2, 0.25) is 0 Å². The third-order valence-electron chi connectivity index (χ3n) is 6.95. The van der Waals surface area contributed by atoms with Gasteiger partial charge in [0, 0.05) is 43.9 Å². The van der Waals surface area contributed by atoms with E-state index in [1.165, 1.54) is 6.07 Å². The predicted molar refractivity (Wildman–Crippen MR) is 121 cm³/mol. The van der Waals surface area contributed by atoms with E-state index in [0.29, 0.717) is 50.5 Å². The largest absolute Gasteiger partial charge is 0.379 e. The van der Waals surface area contributed by atoms with Crippen LogP contribution in [-0.2, 0) is 9.53 Å². The summed E-state index contributed by atoms with van der Waals surface area (Å²) in [4.78, 5) is 25.5. The lowest BCUT2D eigenvalue weighted by Crippen LogP contribution is -2.60. The van der Waals surface area contributed by atoms with E-state index in [1.807, 2.05) is 6.07 Å². The number of nitrogens with one attached hydrogen (secondary N) is 1. The predicted octanol–water partition coefficient (Wildman–Crippen LogP) is 3.09. The topological polar surface area (TPSA) is 96.6 Å². The Balaban J connectivity index is 1.35. The lowest BCUT2D eigenvalue weighted by molar-refractivity contribution is -0.121. The highest BCUT2D eigenvalue weighted by atomic mass is 19.2. The molecule has 0 radical (unpaired) electrons. The summed E-state index contributed by atoms with van der Waals surface area (Å²) in [5.41, 5.74) is 5.98. The quantitative estimate of drug-likeness (QED) is 0.727. The van der Waals surface area contributed by atoms with Gasteiger partial charge in [0.05, 0.1) is 18.2 Å². The number of ether oxygens (including phenoxy) is 1. The van der Waals surface area contributed by atoms with Gasteiger partial charge >= 0.3 is 0 Å². The van der Waals surface area contributed by atoms with E-state index in [9.17, 15) is 13.6 Å². The van der Waals surface area contributed by atoms with Crippen LogP contribution >= 0.6 is 0 Å². The van der Waals surface area contributed by atoms with Crippen molar-refractivity contribution < 1.29 is 18.3 Å². The Morgan fingerprint density at radius 2 is 1.94 bits per heavy atom. The van der Waals surface area contributed by atoms with E-state index in [2.05, 4.69) is 20.2 Å². The molecule has 3 fully saturated rings. The van der Waals surface area contributed by atoms with Crippen LogP contribution in [-0.4, -0.2) is 53.8 Å². The highest BCUT2D eigenvalue weighted by Crippen LogP contribution is 2.42. The van der Waals surface area contributed by atoms with Crippen LogP contribution in [0.3, 0.4) is 0 Å². The summed E-state index contributed by atoms with van der Waals surface area (Å²) in [6, 6.07) is 5.80. The number of nitrogen functional groups attached to an aromatic ring is 1. The minimum absolute atomic E-state index is 0.0442. The average Bonchev–Trinajstić information content (AvgIpc) is 3.29. The first-order valence-electron chi connectivity index (χ1n) is 11.5. The summed E-state index contributed by atoms with van der Waals surface area (Å²) in [7, 11) is 0. The number of aromatic nitrogens is 2. The summed E-state index contributed by atoms with van der Waals surface area (Å²) in [5.74, 6) is -0.294. The van der Waals surface area contributed by atoms with Gasteiger partial charge in [0.25, 0.3) is 0 Å². The van der Waals surface area contributed by atoms with E-state index in [0.717, 1.165) is 43.8 Å². The van der Waals surface area contributed by atoms with Crippen LogP contribution in [0.15, 0.2) is 24.3 Å². The molecule has 3 aliphatic rings. The second-order valence-corrected chi connectivity index (χ2v) is 9.07. The zero-order valence-corrected chi connectivity index (χ0v) is 18.4. The molecule has 10 heteroatoms. The van der Waals surface area contributed by atoms with E-state index in [1.54, 1.807) is 4.90 Å². The van der Waals surface area contributed by atoms with Gasteiger partial charge in [0.2, 0.25) is 11.9 Å². The Bertz CT molecular complexity index is 1040. The maximum absolute atomic E-state index is 14.0. The molecular formula is C23H28F2N6O2. The molecule has 1 spiro atoms. The van der Waals surface area contributed by atoms with Crippen molar-refractivity contribution in [3.63, 3.8) is 0 Å². The molecule has 1 amide bonds. The molecule has 1 atom stereocenters. The molecule has 3 saturated heterocycles. The molecule has 176 valence electrons. The fourth-order valence-corrected chi connectivity index (χ4v) is 5.27. The average molecular weight is 459 g/mol. The van der Waals surface area contributed by atoms with Crippen molar-refractivity contribution in [1.29, 1.82) is 0 Å². The first-order valence-corrected chi connectivity index (χ1v) is 11.5. The molecule has 8 nitrogen and oxygen atoms in total. The monoisotopic (exact) mass is 458 g/mol. The van der Waals surface area contributed by atoms with Crippen LogP contribution < -0.4 is 20.9 Å². The van der Waals surface area contributed by atoms with Gasteiger partial charge < -0.3 is 25.6 Å². The Labute approximate surface area is 191 Å². The molecule has 1 aromatic heterocycles. The highest BCUT2D eigenvalue weighted by molar-refractivity contribution is 5.95. The summed E-state index contributed by atoms with van der Waals surface area (Å²) in [6.45, 7) is 2.69. The van der Waals surface area contributed by atoms with Crippen LogP contribution in [0.4, 0.5) is 32.1 Å². The van der Waals surface area contributed by atoms with Crippen molar-refractivity contribution in [2.75, 3.05) is 47.2 Å². The number of nitrogens with two attached hydrogens (primary N) is 1. The number of carbonyl (C=O) groups is 1. The van der Waals surface area contributed by atoms with Gasteiger partial charge in [-0.1, -0.05) is 0 Å². The van der Waals surface area contributed by atoms with Gasteiger partial charge in [-0.3, -0.25) is 4.79 Å². The normalized spacial score (nSPS) is 22.7. The van der Waals surface area contributed by atoms with Gasteiger partial charge in [0.15, 0.2) is 11.6 Å². The maximum Gasteiger partial charge on any atom is 0.227 e. The number of hydrogen-bond acceptors (Lipinski definition) is 7. The number of hydrogen-bond donors (Lipinski definition) is 2. The van der Waals surface area contributed by atoms with Crippen molar-refractivity contribution in [1.82, 2.24) is 9.97 Å². The Hall–Kier alpha value is -3.01. The molecule has 0 aliphatic carbocycles. The van der Waals surface area contributed by atoms with Crippen molar-refractivity contribution >= 4 is 29.2 Å². The van der Waals surface area contributed by atoms with Crippen molar-refractivity contribution in [2.24, 2.45) is 0 Å². The lowest BCUT2D eigenvalue weighted by atomic mass is 9.78. The van der Waals surface area contributed by atoms with Crippen LogP contribution in [0.25, 0.3) is 0 Å². The molecule has 4 heterocycles. The van der Waals surface area contributed by atoms with Gasteiger partial charge in [-0.25, -0.2) is 8.78 Å². The first-order chi connectivity index (χ1) is 15.9. The molecule has 2 aromatic rings. The van der Waals surface area contributed by atoms with E-state index >= 15 is 0 Å². The molecule has 0 unspecified atom stereocenters. The van der Waals surface area contributed by atoms with E-state index < -0.39 is 17.2 Å². The van der Waals surface area contributed by atoms with Crippen LogP contribution in [0.1, 0.15) is 38.5 Å². The zero-order valence-electron chi connectivity index (χ0n) is 18.4. The number of amides is 1. The second-order valence-electron chi connectivity index (χ2n) is 9.07. The fraction of sp³-hybridized carbons (Fsp3) is 0.522. The maximum atomic E-state index is 14.0. The third kappa shape index (κ3) is 4.31. The summed E-state index contributed by atoms with van der Waals surface area (Å²) in [6.07, 6.45) is 4.33. The lowest BCUT2D eigenvalue weighted by Gasteiger charge is -2.51. The number of rotatable bonds is 4.